The molecule has 1 aliphatic heterocycles. The van der Waals surface area contributed by atoms with E-state index in [-0.39, 0.29) is 11.6 Å². The highest BCUT2D eigenvalue weighted by Crippen LogP contribution is 2.44. The summed E-state index contributed by atoms with van der Waals surface area (Å²) in [7, 11) is 0. The third kappa shape index (κ3) is 2.82. The van der Waals surface area contributed by atoms with E-state index in [2.05, 4.69) is 34.1 Å². The first-order valence-electron chi connectivity index (χ1n) is 7.43. The van der Waals surface area contributed by atoms with Crippen molar-refractivity contribution in [3.8, 4) is 5.75 Å². The normalized spacial score (nSPS) is 26.1. The Labute approximate surface area is 123 Å². The zero-order valence-electron chi connectivity index (χ0n) is 11.3. The predicted octanol–water partition coefficient (Wildman–Crippen LogP) is 4.71. The smallest absolute Gasteiger partial charge is 0.126 e. The molecule has 0 radical (unpaired) electrons. The molecule has 1 fully saturated rings. The standard InChI is InChI=1S/C16H22BrNO/c17-12-6-7-13-14(18)11-16(19-15(13)10-12)8-4-2-1-3-5-9-16/h6-7,10,14H,1-5,8-9,11,18H2. The van der Waals surface area contributed by atoms with E-state index in [0.717, 1.165) is 35.0 Å². The predicted molar refractivity (Wildman–Crippen MR) is 81.4 cm³/mol. The second kappa shape index (κ2) is 5.45. The van der Waals surface area contributed by atoms with Crippen LogP contribution in [-0.4, -0.2) is 5.60 Å². The van der Waals surface area contributed by atoms with Gasteiger partial charge in [0.2, 0.25) is 0 Å². The van der Waals surface area contributed by atoms with Crippen molar-refractivity contribution < 1.29 is 4.74 Å². The number of benzene rings is 1. The first-order valence-corrected chi connectivity index (χ1v) is 8.22. The molecule has 3 rings (SSSR count). The van der Waals surface area contributed by atoms with Crippen LogP contribution in [0.5, 0.6) is 5.75 Å². The Hall–Kier alpha value is -0.540. The molecule has 1 atom stereocenters. The SMILES string of the molecule is NC1CC2(CCCCCCC2)Oc2cc(Br)ccc21. The van der Waals surface area contributed by atoms with Crippen molar-refractivity contribution in [1.82, 2.24) is 0 Å². The van der Waals surface area contributed by atoms with E-state index in [1.54, 1.807) is 0 Å². The highest BCUT2D eigenvalue weighted by atomic mass is 79.9. The van der Waals surface area contributed by atoms with E-state index < -0.39 is 0 Å². The molecular formula is C16H22BrNO. The van der Waals surface area contributed by atoms with Crippen LogP contribution in [0, 0.1) is 0 Å². The van der Waals surface area contributed by atoms with E-state index in [4.69, 9.17) is 10.5 Å². The minimum atomic E-state index is -0.00632. The molecule has 19 heavy (non-hydrogen) atoms. The van der Waals surface area contributed by atoms with Gasteiger partial charge in [0.1, 0.15) is 11.4 Å². The number of ether oxygens (including phenoxy) is 1. The molecule has 0 aromatic heterocycles. The Morgan fingerprint density at radius 1 is 1.11 bits per heavy atom. The lowest BCUT2D eigenvalue weighted by atomic mass is 9.79. The number of hydrogen-bond acceptors (Lipinski definition) is 2. The number of hydrogen-bond donors (Lipinski definition) is 1. The van der Waals surface area contributed by atoms with Gasteiger partial charge in [-0.05, 0) is 37.8 Å². The molecule has 1 heterocycles. The minimum Gasteiger partial charge on any atom is -0.487 e. The van der Waals surface area contributed by atoms with Gasteiger partial charge in [0.05, 0.1) is 0 Å². The molecule has 0 amide bonds. The Morgan fingerprint density at radius 3 is 2.53 bits per heavy atom. The highest BCUT2D eigenvalue weighted by Gasteiger charge is 2.39. The van der Waals surface area contributed by atoms with Crippen molar-refractivity contribution in [2.45, 2.75) is 63.0 Å². The lowest BCUT2D eigenvalue weighted by Crippen LogP contribution is -2.43. The molecule has 1 aromatic carbocycles. The van der Waals surface area contributed by atoms with Crippen LogP contribution in [0.3, 0.4) is 0 Å². The molecule has 104 valence electrons. The maximum absolute atomic E-state index is 6.44. The van der Waals surface area contributed by atoms with Crippen LogP contribution in [0.1, 0.15) is 63.0 Å². The molecule has 1 spiro atoms. The van der Waals surface area contributed by atoms with E-state index in [1.807, 2.05) is 0 Å². The third-order valence-electron chi connectivity index (χ3n) is 4.56. The van der Waals surface area contributed by atoms with Crippen molar-refractivity contribution >= 4 is 15.9 Å². The van der Waals surface area contributed by atoms with Gasteiger partial charge in [-0.25, -0.2) is 0 Å². The summed E-state index contributed by atoms with van der Waals surface area (Å²) in [5.41, 5.74) is 7.55. The average molecular weight is 324 g/mol. The molecule has 0 saturated heterocycles. The van der Waals surface area contributed by atoms with Gasteiger partial charge in [0.25, 0.3) is 0 Å². The van der Waals surface area contributed by atoms with E-state index >= 15 is 0 Å². The Kier molecular flexibility index (Phi) is 3.86. The van der Waals surface area contributed by atoms with Crippen molar-refractivity contribution in [2.75, 3.05) is 0 Å². The van der Waals surface area contributed by atoms with Crippen molar-refractivity contribution in [3.63, 3.8) is 0 Å². The second-order valence-electron chi connectivity index (χ2n) is 6.05. The summed E-state index contributed by atoms with van der Waals surface area (Å²) < 4.78 is 7.51. The molecule has 2 nitrogen and oxygen atoms in total. The summed E-state index contributed by atoms with van der Waals surface area (Å²) in [5, 5.41) is 0. The van der Waals surface area contributed by atoms with Crippen LogP contribution in [0.15, 0.2) is 22.7 Å². The van der Waals surface area contributed by atoms with Gasteiger partial charge in [-0.2, -0.15) is 0 Å². The van der Waals surface area contributed by atoms with E-state index in [0.29, 0.717) is 0 Å². The fourth-order valence-corrected chi connectivity index (χ4v) is 3.88. The topological polar surface area (TPSA) is 35.2 Å². The molecular weight excluding hydrogens is 302 g/mol. The monoisotopic (exact) mass is 323 g/mol. The van der Waals surface area contributed by atoms with Crippen molar-refractivity contribution in [3.05, 3.63) is 28.2 Å². The van der Waals surface area contributed by atoms with Gasteiger partial charge in [-0.15, -0.1) is 0 Å². The van der Waals surface area contributed by atoms with Crippen LogP contribution in [0.25, 0.3) is 0 Å². The van der Waals surface area contributed by atoms with Gasteiger partial charge in [-0.1, -0.05) is 41.3 Å². The fourth-order valence-electron chi connectivity index (χ4n) is 3.54. The Morgan fingerprint density at radius 2 is 1.79 bits per heavy atom. The van der Waals surface area contributed by atoms with Crippen LogP contribution in [0.2, 0.25) is 0 Å². The number of halogens is 1. The fraction of sp³-hybridized carbons (Fsp3) is 0.625. The van der Waals surface area contributed by atoms with Crippen molar-refractivity contribution in [1.29, 1.82) is 0 Å². The maximum Gasteiger partial charge on any atom is 0.126 e. The summed E-state index contributed by atoms with van der Waals surface area (Å²) in [4.78, 5) is 0. The number of fused-ring (bicyclic) bond motifs is 1. The Bertz CT molecular complexity index is 452. The van der Waals surface area contributed by atoms with Gasteiger partial charge < -0.3 is 10.5 Å². The quantitative estimate of drug-likeness (QED) is 0.750. The summed E-state index contributed by atoms with van der Waals surface area (Å²) in [6, 6.07) is 6.35. The zero-order valence-corrected chi connectivity index (χ0v) is 12.9. The lowest BCUT2D eigenvalue weighted by Gasteiger charge is -2.42. The summed E-state index contributed by atoms with van der Waals surface area (Å²) in [6.45, 7) is 0. The van der Waals surface area contributed by atoms with Crippen molar-refractivity contribution in [2.24, 2.45) is 5.73 Å². The number of rotatable bonds is 0. The maximum atomic E-state index is 6.44. The third-order valence-corrected chi connectivity index (χ3v) is 5.05. The molecule has 1 unspecified atom stereocenters. The van der Waals surface area contributed by atoms with Crippen LogP contribution in [-0.2, 0) is 0 Å². The first kappa shape index (κ1) is 13.4. The van der Waals surface area contributed by atoms with Gasteiger partial charge >= 0.3 is 0 Å². The molecule has 1 aromatic rings. The van der Waals surface area contributed by atoms with Crippen LogP contribution >= 0.6 is 15.9 Å². The largest absolute Gasteiger partial charge is 0.487 e. The number of nitrogens with two attached hydrogens (primary N) is 1. The molecule has 0 bridgehead atoms. The summed E-state index contributed by atoms with van der Waals surface area (Å²) >= 11 is 3.53. The van der Waals surface area contributed by atoms with Gasteiger partial charge in [-0.3, -0.25) is 0 Å². The molecule has 2 aliphatic rings. The lowest BCUT2D eigenvalue weighted by molar-refractivity contribution is 0.0112. The summed E-state index contributed by atoms with van der Waals surface area (Å²) in [5.74, 6) is 0.994. The first-order chi connectivity index (χ1) is 9.19. The molecule has 1 aliphatic carbocycles. The van der Waals surface area contributed by atoms with E-state index in [9.17, 15) is 0 Å². The summed E-state index contributed by atoms with van der Waals surface area (Å²) in [6.07, 6.45) is 9.90. The minimum absolute atomic E-state index is 0.00632. The second-order valence-corrected chi connectivity index (χ2v) is 6.96. The zero-order chi connectivity index (χ0) is 13.3. The molecule has 1 saturated carbocycles. The van der Waals surface area contributed by atoms with Gasteiger partial charge in [0, 0.05) is 22.5 Å². The van der Waals surface area contributed by atoms with Gasteiger partial charge in [0.15, 0.2) is 0 Å². The Balaban J connectivity index is 1.89. The molecule has 3 heteroatoms. The van der Waals surface area contributed by atoms with E-state index in [1.165, 1.54) is 32.1 Å². The van der Waals surface area contributed by atoms with Crippen LogP contribution in [0.4, 0.5) is 0 Å². The average Bonchev–Trinajstić information content (AvgIpc) is 2.34. The highest BCUT2D eigenvalue weighted by molar-refractivity contribution is 9.10. The van der Waals surface area contributed by atoms with Crippen LogP contribution < -0.4 is 10.5 Å². The molecule has 2 N–H and O–H groups in total.